The van der Waals surface area contributed by atoms with Crippen molar-refractivity contribution in [1.29, 1.82) is 0 Å². The van der Waals surface area contributed by atoms with Crippen LogP contribution in [0, 0.1) is 32.6 Å². The van der Waals surface area contributed by atoms with Crippen molar-refractivity contribution in [3.63, 3.8) is 0 Å². The van der Waals surface area contributed by atoms with Crippen molar-refractivity contribution in [2.45, 2.75) is 72.1 Å². The Morgan fingerprint density at radius 2 is 1.93 bits per heavy atom. The molecule has 1 N–H and O–H groups in total. The van der Waals surface area contributed by atoms with Crippen LogP contribution in [-0.2, 0) is 0 Å². The van der Waals surface area contributed by atoms with Crippen LogP contribution in [0.15, 0.2) is 12.5 Å². The first-order valence-corrected chi connectivity index (χ1v) is 12.2. The maximum atomic E-state index is 4.44. The highest BCUT2D eigenvalue weighted by Gasteiger charge is 2.42. The molecule has 30 heavy (non-hydrogen) atoms. The first-order chi connectivity index (χ1) is 14.4. The number of H-pyrrole nitrogens is 1. The van der Waals surface area contributed by atoms with E-state index in [0.717, 1.165) is 23.4 Å². The minimum absolute atomic E-state index is 0.459. The second-order valence-corrected chi connectivity index (χ2v) is 11.0. The van der Waals surface area contributed by atoms with Crippen molar-refractivity contribution in [3.8, 4) is 11.3 Å². The molecule has 0 amide bonds. The molecule has 0 aromatic carbocycles. The molecule has 2 aliphatic rings. The third-order valence-corrected chi connectivity index (χ3v) is 9.35. The molecule has 2 saturated carbocycles. The highest BCUT2D eigenvalue weighted by atomic mass is 32.1. The van der Waals surface area contributed by atoms with Crippen molar-refractivity contribution >= 4 is 27.2 Å². The third-order valence-electron chi connectivity index (χ3n) is 8.01. The fourth-order valence-corrected chi connectivity index (χ4v) is 7.85. The molecule has 0 saturated heterocycles. The van der Waals surface area contributed by atoms with E-state index in [2.05, 4.69) is 55.9 Å². The number of aromatic nitrogens is 4. The van der Waals surface area contributed by atoms with Gasteiger partial charge in [0, 0.05) is 22.0 Å². The molecule has 2 bridgehead atoms. The Hall–Kier alpha value is -2.14. The second kappa shape index (κ2) is 6.43. The largest absolute Gasteiger partial charge is 0.346 e. The molecule has 4 aromatic heterocycles. The van der Waals surface area contributed by atoms with Gasteiger partial charge >= 0.3 is 0 Å². The lowest BCUT2D eigenvalue weighted by atomic mass is 9.85. The number of nitrogens with one attached hydrogen (secondary N) is 1. The van der Waals surface area contributed by atoms with Crippen LogP contribution in [0.2, 0.25) is 0 Å². The topological polar surface area (TPSA) is 46.0 Å². The molecule has 5 heteroatoms. The van der Waals surface area contributed by atoms with Gasteiger partial charge in [0.2, 0.25) is 0 Å². The Labute approximate surface area is 181 Å². The Morgan fingerprint density at radius 3 is 2.63 bits per heavy atom. The number of hydrogen-bond donors (Lipinski definition) is 1. The standard InChI is InChI=1S/C25H30N4S/c1-12(2)20-21-15(5)23(18-9-16-6-7-17(18)8-16)30-25(21)28-22(20)19-10-29-24(26-11-27-29)14(4)13(19)3/h10-12,16-18,28H,6-9H2,1-5H3/t16?,17-,18-/m1/s1. The van der Waals surface area contributed by atoms with Gasteiger partial charge in [0.25, 0.3) is 0 Å². The predicted molar refractivity (Wildman–Crippen MR) is 125 cm³/mol. The van der Waals surface area contributed by atoms with Crippen LogP contribution in [0.4, 0.5) is 0 Å². The van der Waals surface area contributed by atoms with Crippen molar-refractivity contribution in [2.24, 2.45) is 11.8 Å². The summed E-state index contributed by atoms with van der Waals surface area (Å²) >= 11 is 2.03. The van der Waals surface area contributed by atoms with Gasteiger partial charge in [-0.15, -0.1) is 11.3 Å². The van der Waals surface area contributed by atoms with Crippen molar-refractivity contribution in [2.75, 3.05) is 0 Å². The minimum Gasteiger partial charge on any atom is -0.346 e. The van der Waals surface area contributed by atoms with E-state index in [0.29, 0.717) is 5.92 Å². The number of nitrogens with zero attached hydrogens (tertiary/aromatic N) is 3. The summed E-state index contributed by atoms with van der Waals surface area (Å²) in [4.78, 5) is 11.3. The number of aryl methyl sites for hydroxylation is 2. The van der Waals surface area contributed by atoms with Crippen LogP contribution in [0.3, 0.4) is 0 Å². The van der Waals surface area contributed by atoms with Gasteiger partial charge in [-0.3, -0.25) is 0 Å². The number of aromatic amines is 1. The van der Waals surface area contributed by atoms with Crippen molar-refractivity contribution in [3.05, 3.63) is 39.7 Å². The molecule has 4 heterocycles. The van der Waals surface area contributed by atoms with Gasteiger partial charge in [0.1, 0.15) is 11.2 Å². The molecule has 1 unspecified atom stereocenters. The summed E-state index contributed by atoms with van der Waals surface area (Å²) in [7, 11) is 0. The van der Waals surface area contributed by atoms with E-state index in [9.17, 15) is 0 Å². The zero-order chi connectivity index (χ0) is 20.7. The SMILES string of the molecule is Cc1c(-c2[nH]c3sc([C@@H]4CC5CC[C@@H]4C5)c(C)c3c2C(C)C)cn2ncnc2c1C. The molecule has 6 rings (SSSR count). The molecule has 156 valence electrons. The molecule has 3 atom stereocenters. The zero-order valence-electron chi connectivity index (χ0n) is 18.5. The Balaban J connectivity index is 1.56. The van der Waals surface area contributed by atoms with Crippen molar-refractivity contribution in [1.82, 2.24) is 19.6 Å². The fourth-order valence-electron chi connectivity index (χ4n) is 6.41. The fraction of sp³-hybridized carbons (Fsp3) is 0.520. The zero-order valence-corrected chi connectivity index (χ0v) is 19.4. The van der Waals surface area contributed by atoms with E-state index in [4.69, 9.17) is 0 Å². The van der Waals surface area contributed by atoms with E-state index >= 15 is 0 Å². The Kier molecular flexibility index (Phi) is 3.99. The van der Waals surface area contributed by atoms with E-state index in [-0.39, 0.29) is 0 Å². The lowest BCUT2D eigenvalue weighted by Crippen LogP contribution is -2.08. The molecule has 2 aliphatic carbocycles. The van der Waals surface area contributed by atoms with Gasteiger partial charge in [-0.25, -0.2) is 9.50 Å². The lowest BCUT2D eigenvalue weighted by molar-refractivity contribution is 0.424. The normalized spacial score (nSPS) is 23.6. The summed E-state index contributed by atoms with van der Waals surface area (Å²) in [6, 6.07) is 0. The molecule has 0 radical (unpaired) electrons. The highest BCUT2D eigenvalue weighted by molar-refractivity contribution is 7.19. The van der Waals surface area contributed by atoms with Gasteiger partial charge in [-0.05, 0) is 86.0 Å². The van der Waals surface area contributed by atoms with Crippen LogP contribution in [-0.4, -0.2) is 19.6 Å². The molecule has 0 aliphatic heterocycles. The highest BCUT2D eigenvalue weighted by Crippen LogP contribution is 2.56. The Bertz CT molecular complexity index is 1290. The van der Waals surface area contributed by atoms with Crippen LogP contribution >= 0.6 is 11.3 Å². The van der Waals surface area contributed by atoms with Gasteiger partial charge < -0.3 is 4.98 Å². The molecule has 4 aromatic rings. The molecule has 4 nitrogen and oxygen atoms in total. The van der Waals surface area contributed by atoms with Gasteiger partial charge in [-0.2, -0.15) is 5.10 Å². The number of hydrogen-bond acceptors (Lipinski definition) is 3. The Morgan fingerprint density at radius 1 is 1.10 bits per heavy atom. The summed E-state index contributed by atoms with van der Waals surface area (Å²) in [5, 5.41) is 5.91. The number of pyridine rings is 1. The summed E-state index contributed by atoms with van der Waals surface area (Å²) in [6.07, 6.45) is 9.59. The first-order valence-electron chi connectivity index (χ1n) is 11.4. The van der Waals surface area contributed by atoms with Crippen LogP contribution in [0.25, 0.3) is 27.1 Å². The van der Waals surface area contributed by atoms with Gasteiger partial charge in [0.05, 0.1) is 5.69 Å². The van der Waals surface area contributed by atoms with Gasteiger partial charge in [-0.1, -0.05) is 20.3 Å². The third kappa shape index (κ3) is 2.44. The number of fused-ring (bicyclic) bond motifs is 4. The van der Waals surface area contributed by atoms with Crippen LogP contribution in [0.1, 0.15) is 78.5 Å². The average Bonchev–Trinajstić information content (AvgIpc) is 3.50. The van der Waals surface area contributed by atoms with E-state index in [1.807, 2.05) is 15.9 Å². The smallest absolute Gasteiger partial charge is 0.158 e. The minimum atomic E-state index is 0.459. The summed E-state index contributed by atoms with van der Waals surface area (Å²) < 4.78 is 1.92. The average molecular weight is 419 g/mol. The van der Waals surface area contributed by atoms with E-state index in [1.165, 1.54) is 69.4 Å². The predicted octanol–water partition coefficient (Wildman–Crippen LogP) is 6.89. The van der Waals surface area contributed by atoms with Crippen molar-refractivity contribution < 1.29 is 0 Å². The van der Waals surface area contributed by atoms with E-state index in [1.54, 1.807) is 11.2 Å². The van der Waals surface area contributed by atoms with Gasteiger partial charge in [0.15, 0.2) is 5.65 Å². The van der Waals surface area contributed by atoms with Crippen LogP contribution in [0.5, 0.6) is 0 Å². The monoisotopic (exact) mass is 418 g/mol. The summed E-state index contributed by atoms with van der Waals surface area (Å²) in [6.45, 7) is 11.4. The van der Waals surface area contributed by atoms with Crippen LogP contribution < -0.4 is 0 Å². The maximum Gasteiger partial charge on any atom is 0.158 e. The second-order valence-electron chi connectivity index (χ2n) is 9.97. The quantitative estimate of drug-likeness (QED) is 0.394. The molecular weight excluding hydrogens is 388 g/mol. The van der Waals surface area contributed by atoms with E-state index < -0.39 is 0 Å². The molecular formula is C25H30N4S. The lowest BCUT2D eigenvalue weighted by Gasteiger charge is -2.21. The molecule has 2 fully saturated rings. The number of rotatable bonds is 3. The number of thiophene rings is 1. The molecule has 0 spiro atoms. The summed E-state index contributed by atoms with van der Waals surface area (Å²) in [5.74, 6) is 3.17. The summed E-state index contributed by atoms with van der Waals surface area (Å²) in [5.41, 5.74) is 8.97. The maximum absolute atomic E-state index is 4.44. The first kappa shape index (κ1) is 18.6.